The van der Waals surface area contributed by atoms with Crippen molar-refractivity contribution in [1.29, 1.82) is 0 Å². The van der Waals surface area contributed by atoms with Crippen molar-refractivity contribution in [2.45, 2.75) is 32.1 Å². The van der Waals surface area contributed by atoms with E-state index in [9.17, 15) is 9.90 Å². The molecule has 1 aliphatic heterocycles. The molecule has 0 unspecified atom stereocenters. The van der Waals surface area contributed by atoms with E-state index >= 15 is 0 Å². The van der Waals surface area contributed by atoms with Crippen LogP contribution in [0.25, 0.3) is 5.57 Å². The van der Waals surface area contributed by atoms with E-state index in [-0.39, 0.29) is 18.3 Å². The summed E-state index contributed by atoms with van der Waals surface area (Å²) in [5, 5.41) is 9.33. The highest BCUT2D eigenvalue weighted by Crippen LogP contribution is 2.35. The maximum absolute atomic E-state index is 11.3. The van der Waals surface area contributed by atoms with Crippen LogP contribution < -0.4 is 4.74 Å². The molecule has 2 aromatic rings. The molecule has 1 atom stereocenters. The molecule has 4 nitrogen and oxygen atoms in total. The lowest BCUT2D eigenvalue weighted by molar-refractivity contribution is -0.143. The van der Waals surface area contributed by atoms with E-state index in [2.05, 4.69) is 47.4 Å². The molecular weight excluding hydrogens is 398 g/mol. The van der Waals surface area contributed by atoms with Crippen LogP contribution in [-0.4, -0.2) is 42.7 Å². The van der Waals surface area contributed by atoms with E-state index in [0.717, 1.165) is 50.9 Å². The van der Waals surface area contributed by atoms with Crippen LogP contribution in [0.5, 0.6) is 5.75 Å². The Morgan fingerprint density at radius 2 is 1.93 bits per heavy atom. The number of aliphatic carboxylic acids is 1. The lowest BCUT2D eigenvalue weighted by Crippen LogP contribution is -2.39. The van der Waals surface area contributed by atoms with Crippen LogP contribution in [0.2, 0.25) is 0 Å². The average Bonchev–Trinajstić information content (AvgIpc) is 2.91. The fourth-order valence-electron chi connectivity index (χ4n) is 4.65. The first-order valence-electron chi connectivity index (χ1n) is 10.6. The standard InChI is InChI=1S/C25H29NO3.ClH/c1-29-21-12-13-23-19(16-21)11-10-18-6-2-3-8-22(18)24(23)9-5-15-26-14-4-7-20(17-26)25(27)28;/h2-3,6,8-9,12-13,16,20H,4-5,7,10-11,14-15,17H2,1H3,(H,27,28);1H/t20-;/m1./s1. The van der Waals surface area contributed by atoms with Crippen molar-refractivity contribution < 1.29 is 14.6 Å². The first kappa shape index (κ1) is 22.4. The molecule has 0 aromatic heterocycles. The van der Waals surface area contributed by atoms with Gasteiger partial charge in [0.15, 0.2) is 0 Å². The number of fused-ring (bicyclic) bond motifs is 2. The summed E-state index contributed by atoms with van der Waals surface area (Å²) in [6, 6.07) is 15.1. The van der Waals surface area contributed by atoms with Gasteiger partial charge < -0.3 is 14.7 Å². The molecule has 30 heavy (non-hydrogen) atoms. The van der Waals surface area contributed by atoms with Gasteiger partial charge in [-0.2, -0.15) is 0 Å². The number of aryl methyl sites for hydroxylation is 2. The molecule has 1 fully saturated rings. The summed E-state index contributed by atoms with van der Waals surface area (Å²) in [6.45, 7) is 2.57. The minimum absolute atomic E-state index is 0. The van der Waals surface area contributed by atoms with Gasteiger partial charge in [0.05, 0.1) is 13.0 Å². The third-order valence-corrected chi connectivity index (χ3v) is 6.22. The molecule has 1 aliphatic carbocycles. The van der Waals surface area contributed by atoms with Crippen molar-refractivity contribution in [2.75, 3.05) is 26.7 Å². The van der Waals surface area contributed by atoms with Gasteiger partial charge >= 0.3 is 5.97 Å². The molecule has 0 saturated carbocycles. The summed E-state index contributed by atoms with van der Waals surface area (Å²) in [5.74, 6) is 0.0268. The van der Waals surface area contributed by atoms with Crippen molar-refractivity contribution in [2.24, 2.45) is 5.92 Å². The minimum atomic E-state index is -0.659. The fraction of sp³-hybridized carbons (Fsp3) is 0.400. The molecule has 0 bridgehead atoms. The van der Waals surface area contributed by atoms with Crippen LogP contribution in [0.3, 0.4) is 0 Å². The fourth-order valence-corrected chi connectivity index (χ4v) is 4.65. The van der Waals surface area contributed by atoms with Crippen LogP contribution >= 0.6 is 12.4 Å². The Morgan fingerprint density at radius 3 is 2.73 bits per heavy atom. The number of hydrogen-bond acceptors (Lipinski definition) is 3. The van der Waals surface area contributed by atoms with Crippen LogP contribution in [0.4, 0.5) is 0 Å². The van der Waals surface area contributed by atoms with Crippen molar-refractivity contribution in [1.82, 2.24) is 4.90 Å². The second kappa shape index (κ2) is 10.1. The largest absolute Gasteiger partial charge is 0.497 e. The highest BCUT2D eigenvalue weighted by molar-refractivity contribution is 5.85. The minimum Gasteiger partial charge on any atom is -0.497 e. The van der Waals surface area contributed by atoms with E-state index < -0.39 is 5.97 Å². The molecule has 0 radical (unpaired) electrons. The summed E-state index contributed by atoms with van der Waals surface area (Å²) >= 11 is 0. The first-order valence-corrected chi connectivity index (χ1v) is 10.6. The molecule has 5 heteroatoms. The zero-order valence-electron chi connectivity index (χ0n) is 17.5. The van der Waals surface area contributed by atoms with Crippen LogP contribution in [0, 0.1) is 5.92 Å². The summed E-state index contributed by atoms with van der Waals surface area (Å²) in [5.41, 5.74) is 6.62. The predicted molar refractivity (Wildman–Crippen MR) is 123 cm³/mol. The van der Waals surface area contributed by atoms with Gasteiger partial charge in [-0.1, -0.05) is 36.4 Å². The Balaban J connectivity index is 0.00000256. The highest BCUT2D eigenvalue weighted by Gasteiger charge is 2.25. The number of halogens is 1. The van der Waals surface area contributed by atoms with Gasteiger partial charge in [0.1, 0.15) is 5.75 Å². The second-order valence-electron chi connectivity index (χ2n) is 8.06. The third-order valence-electron chi connectivity index (χ3n) is 6.22. The van der Waals surface area contributed by atoms with Gasteiger partial charge in [0.2, 0.25) is 0 Å². The third kappa shape index (κ3) is 4.88. The zero-order chi connectivity index (χ0) is 20.2. The molecule has 0 amide bonds. The van der Waals surface area contributed by atoms with Crippen molar-refractivity contribution >= 4 is 23.9 Å². The topological polar surface area (TPSA) is 49.8 Å². The number of ether oxygens (including phenoxy) is 1. The molecule has 0 spiro atoms. The van der Waals surface area contributed by atoms with Crippen molar-refractivity contribution in [3.8, 4) is 5.75 Å². The number of rotatable bonds is 5. The quantitative estimate of drug-likeness (QED) is 0.742. The van der Waals surface area contributed by atoms with Crippen LogP contribution in [-0.2, 0) is 17.6 Å². The Bertz CT molecular complexity index is 924. The molecule has 1 saturated heterocycles. The Hall–Kier alpha value is -2.30. The summed E-state index contributed by atoms with van der Waals surface area (Å²) in [6.07, 6.45) is 7.07. The van der Waals surface area contributed by atoms with E-state index in [1.54, 1.807) is 7.11 Å². The van der Waals surface area contributed by atoms with Gasteiger partial charge in [-0.05, 0) is 78.6 Å². The number of carboxylic acids is 1. The normalized spacial score (nSPS) is 19.9. The van der Waals surface area contributed by atoms with Crippen LogP contribution in [0.15, 0.2) is 48.5 Å². The number of methoxy groups -OCH3 is 1. The zero-order valence-corrected chi connectivity index (χ0v) is 18.3. The average molecular weight is 428 g/mol. The number of hydrogen-bond donors (Lipinski definition) is 1. The molecule has 160 valence electrons. The number of benzene rings is 2. The van der Waals surface area contributed by atoms with Gasteiger partial charge in [-0.15, -0.1) is 12.4 Å². The van der Waals surface area contributed by atoms with Gasteiger partial charge in [-0.25, -0.2) is 0 Å². The van der Waals surface area contributed by atoms with Gasteiger partial charge in [0.25, 0.3) is 0 Å². The summed E-state index contributed by atoms with van der Waals surface area (Å²) in [7, 11) is 1.72. The Labute approximate surface area is 185 Å². The maximum Gasteiger partial charge on any atom is 0.307 e. The van der Waals surface area contributed by atoms with E-state index in [4.69, 9.17) is 4.74 Å². The molecule has 2 aliphatic rings. The Kier molecular flexibility index (Phi) is 7.57. The molecule has 2 aromatic carbocycles. The van der Waals surface area contributed by atoms with E-state index in [1.807, 2.05) is 6.07 Å². The van der Waals surface area contributed by atoms with Gasteiger partial charge in [-0.3, -0.25) is 4.79 Å². The van der Waals surface area contributed by atoms with Crippen LogP contribution in [0.1, 0.15) is 41.5 Å². The molecule has 1 N–H and O–H groups in total. The monoisotopic (exact) mass is 427 g/mol. The maximum atomic E-state index is 11.3. The van der Waals surface area contributed by atoms with E-state index in [1.165, 1.54) is 27.8 Å². The first-order chi connectivity index (χ1) is 14.2. The highest BCUT2D eigenvalue weighted by atomic mass is 35.5. The number of carboxylic acid groups (broad SMARTS) is 1. The predicted octanol–water partition coefficient (Wildman–Crippen LogP) is 4.83. The number of piperidine rings is 1. The number of nitrogens with zero attached hydrogens (tertiary/aromatic N) is 1. The Morgan fingerprint density at radius 1 is 1.17 bits per heavy atom. The summed E-state index contributed by atoms with van der Waals surface area (Å²) < 4.78 is 5.45. The number of carbonyl (C=O) groups is 1. The molecule has 4 rings (SSSR count). The van der Waals surface area contributed by atoms with Gasteiger partial charge in [0, 0.05) is 13.1 Å². The second-order valence-corrected chi connectivity index (χ2v) is 8.06. The van der Waals surface area contributed by atoms with E-state index in [0.29, 0.717) is 6.54 Å². The SMILES string of the molecule is COc1ccc2c(c1)CCc1ccccc1C2=CCCN1CCC[C@@H](C(=O)O)C1.Cl. The smallest absolute Gasteiger partial charge is 0.307 e. The van der Waals surface area contributed by atoms with Crippen molar-refractivity contribution in [3.63, 3.8) is 0 Å². The molecule has 1 heterocycles. The lowest BCUT2D eigenvalue weighted by atomic mass is 9.93. The summed E-state index contributed by atoms with van der Waals surface area (Å²) in [4.78, 5) is 13.6. The van der Waals surface area contributed by atoms with Crippen molar-refractivity contribution in [3.05, 3.63) is 70.8 Å². The molecular formula is C25H30ClNO3. The number of likely N-dealkylation sites (tertiary alicyclic amines) is 1. The lowest BCUT2D eigenvalue weighted by Gasteiger charge is -2.30.